The van der Waals surface area contributed by atoms with Crippen LogP contribution >= 0.6 is 11.8 Å². The Labute approximate surface area is 109 Å². The maximum atomic E-state index is 11.8. The minimum atomic E-state index is -0.409. The smallest absolute Gasteiger partial charge is 0.282 e. The van der Waals surface area contributed by atoms with E-state index < -0.39 is 4.92 Å². The van der Waals surface area contributed by atoms with Crippen LogP contribution in [0.15, 0.2) is 24.3 Å². The predicted octanol–water partition coefficient (Wildman–Crippen LogP) is 3.04. The Hall–Kier alpha value is -1.56. The molecule has 1 aliphatic heterocycles. The van der Waals surface area contributed by atoms with Crippen LogP contribution in [0.1, 0.15) is 19.4 Å². The van der Waals surface area contributed by atoms with E-state index in [0.29, 0.717) is 18.7 Å². The molecule has 0 aliphatic carbocycles. The van der Waals surface area contributed by atoms with Crippen LogP contribution in [0, 0.1) is 10.1 Å². The molecule has 0 unspecified atom stereocenters. The zero-order valence-electron chi connectivity index (χ0n) is 10.3. The molecule has 0 radical (unpaired) electrons. The second-order valence-electron chi connectivity index (χ2n) is 4.87. The van der Waals surface area contributed by atoms with E-state index in [1.165, 1.54) is 17.8 Å². The molecule has 1 fully saturated rings. The standard InChI is InChI=1S/C12H14N2O3S/c1-12(2)8-13(11(15)18-12)7-9-5-3-4-6-10(9)14(16)17/h3-6H,7-8H2,1-2H3. The summed E-state index contributed by atoms with van der Waals surface area (Å²) in [5.41, 5.74) is 0.647. The van der Waals surface area contributed by atoms with Gasteiger partial charge in [0.2, 0.25) is 0 Å². The highest BCUT2D eigenvalue weighted by atomic mass is 32.2. The molecular formula is C12H14N2O3S. The third-order valence-electron chi connectivity index (χ3n) is 2.74. The highest BCUT2D eigenvalue weighted by Gasteiger charge is 2.37. The van der Waals surface area contributed by atoms with Crippen molar-refractivity contribution in [2.24, 2.45) is 0 Å². The van der Waals surface area contributed by atoms with Crippen molar-refractivity contribution in [3.8, 4) is 0 Å². The Morgan fingerprint density at radius 1 is 1.44 bits per heavy atom. The number of nitro groups is 1. The lowest BCUT2D eigenvalue weighted by atomic mass is 10.1. The summed E-state index contributed by atoms with van der Waals surface area (Å²) in [6, 6.07) is 6.54. The summed E-state index contributed by atoms with van der Waals surface area (Å²) in [7, 11) is 0. The van der Waals surface area contributed by atoms with E-state index in [0.717, 1.165) is 0 Å². The van der Waals surface area contributed by atoms with E-state index in [1.54, 1.807) is 23.1 Å². The predicted molar refractivity (Wildman–Crippen MR) is 70.6 cm³/mol. The summed E-state index contributed by atoms with van der Waals surface area (Å²) >= 11 is 1.28. The van der Waals surface area contributed by atoms with E-state index in [2.05, 4.69) is 0 Å². The number of nitro benzene ring substituents is 1. The summed E-state index contributed by atoms with van der Waals surface area (Å²) in [5, 5.41) is 10.9. The summed E-state index contributed by atoms with van der Waals surface area (Å²) in [6.45, 7) is 4.90. The average molecular weight is 266 g/mol. The lowest BCUT2D eigenvalue weighted by Crippen LogP contribution is -2.28. The maximum absolute atomic E-state index is 11.8. The van der Waals surface area contributed by atoms with Crippen LogP contribution in [0.2, 0.25) is 0 Å². The fourth-order valence-electron chi connectivity index (χ4n) is 2.01. The van der Waals surface area contributed by atoms with Crippen molar-refractivity contribution in [2.75, 3.05) is 6.54 Å². The fourth-order valence-corrected chi connectivity index (χ4v) is 2.96. The van der Waals surface area contributed by atoms with Crippen molar-refractivity contribution < 1.29 is 9.72 Å². The molecule has 1 aromatic rings. The number of hydrogen-bond acceptors (Lipinski definition) is 4. The number of thioether (sulfide) groups is 1. The van der Waals surface area contributed by atoms with Crippen LogP contribution in [0.5, 0.6) is 0 Å². The van der Waals surface area contributed by atoms with Crippen molar-refractivity contribution in [1.29, 1.82) is 0 Å². The van der Waals surface area contributed by atoms with Crippen molar-refractivity contribution in [1.82, 2.24) is 4.90 Å². The molecule has 96 valence electrons. The van der Waals surface area contributed by atoms with E-state index in [4.69, 9.17) is 0 Å². The quantitative estimate of drug-likeness (QED) is 0.623. The molecule has 6 heteroatoms. The van der Waals surface area contributed by atoms with Gasteiger partial charge in [0.1, 0.15) is 0 Å². The van der Waals surface area contributed by atoms with Crippen molar-refractivity contribution in [2.45, 2.75) is 25.1 Å². The first-order valence-electron chi connectivity index (χ1n) is 5.59. The van der Waals surface area contributed by atoms with Gasteiger partial charge in [-0.15, -0.1) is 0 Å². The van der Waals surface area contributed by atoms with Gasteiger partial charge in [0.15, 0.2) is 0 Å². The highest BCUT2D eigenvalue weighted by Crippen LogP contribution is 2.36. The van der Waals surface area contributed by atoms with Gasteiger partial charge in [0.25, 0.3) is 10.9 Å². The second kappa shape index (κ2) is 4.61. The molecule has 5 nitrogen and oxygen atoms in total. The second-order valence-corrected chi connectivity index (χ2v) is 6.53. The number of hydrogen-bond donors (Lipinski definition) is 0. The number of carbonyl (C=O) groups is 1. The molecule has 1 heterocycles. The van der Waals surface area contributed by atoms with Gasteiger partial charge in [0.05, 0.1) is 11.5 Å². The van der Waals surface area contributed by atoms with Crippen molar-refractivity contribution >= 4 is 22.7 Å². The van der Waals surface area contributed by atoms with Gasteiger partial charge in [-0.05, 0) is 13.8 Å². The van der Waals surface area contributed by atoms with Gasteiger partial charge in [-0.25, -0.2) is 0 Å². The van der Waals surface area contributed by atoms with E-state index in [-0.39, 0.29) is 15.7 Å². The molecule has 1 saturated heterocycles. The number of para-hydroxylation sites is 1. The molecule has 18 heavy (non-hydrogen) atoms. The molecule has 0 spiro atoms. The number of carbonyl (C=O) groups excluding carboxylic acids is 1. The van der Waals surface area contributed by atoms with Crippen LogP contribution in [0.25, 0.3) is 0 Å². The van der Waals surface area contributed by atoms with E-state index in [9.17, 15) is 14.9 Å². The van der Waals surface area contributed by atoms with Gasteiger partial charge in [-0.1, -0.05) is 30.0 Å². The molecule has 0 N–H and O–H groups in total. The lowest BCUT2D eigenvalue weighted by molar-refractivity contribution is -0.385. The number of nitrogens with zero attached hydrogens (tertiary/aromatic N) is 2. The molecule has 1 aromatic carbocycles. The monoisotopic (exact) mass is 266 g/mol. The van der Waals surface area contributed by atoms with Crippen LogP contribution in [0.3, 0.4) is 0 Å². The largest absolute Gasteiger partial charge is 0.328 e. The lowest BCUT2D eigenvalue weighted by Gasteiger charge is -2.18. The Balaban J connectivity index is 2.20. The minimum absolute atomic E-state index is 0.0156. The molecule has 0 aromatic heterocycles. The molecular weight excluding hydrogens is 252 g/mol. The van der Waals surface area contributed by atoms with Gasteiger partial charge >= 0.3 is 0 Å². The normalized spacial score (nSPS) is 18.1. The number of amides is 1. The SMILES string of the molecule is CC1(C)CN(Cc2ccccc2[N+](=O)[O-])C(=O)S1. The third-order valence-corrected chi connectivity index (χ3v) is 3.86. The highest BCUT2D eigenvalue weighted by molar-refractivity contribution is 8.15. The maximum Gasteiger partial charge on any atom is 0.282 e. The fraction of sp³-hybridized carbons (Fsp3) is 0.417. The van der Waals surface area contributed by atoms with E-state index >= 15 is 0 Å². The first-order chi connectivity index (χ1) is 8.39. The average Bonchev–Trinajstić information content (AvgIpc) is 2.52. The van der Waals surface area contributed by atoms with Crippen molar-refractivity contribution in [3.05, 3.63) is 39.9 Å². The number of benzene rings is 1. The third kappa shape index (κ3) is 2.64. The summed E-state index contributed by atoms with van der Waals surface area (Å²) in [6.07, 6.45) is 0. The Kier molecular flexibility index (Phi) is 3.30. The Morgan fingerprint density at radius 2 is 2.11 bits per heavy atom. The first-order valence-corrected chi connectivity index (χ1v) is 6.41. The minimum Gasteiger partial charge on any atom is -0.328 e. The van der Waals surface area contributed by atoms with Crippen LogP contribution in [-0.4, -0.2) is 26.4 Å². The Morgan fingerprint density at radius 3 is 2.67 bits per heavy atom. The molecule has 0 bridgehead atoms. The van der Waals surface area contributed by atoms with Crippen molar-refractivity contribution in [3.63, 3.8) is 0 Å². The van der Waals surface area contributed by atoms with Gasteiger partial charge in [-0.3, -0.25) is 14.9 Å². The van der Waals surface area contributed by atoms with Gasteiger partial charge < -0.3 is 4.90 Å². The summed E-state index contributed by atoms with van der Waals surface area (Å²) in [4.78, 5) is 23.9. The zero-order valence-corrected chi connectivity index (χ0v) is 11.1. The molecule has 1 amide bonds. The summed E-state index contributed by atoms with van der Waals surface area (Å²) in [5.74, 6) is 0. The molecule has 2 rings (SSSR count). The van der Waals surface area contributed by atoms with Gasteiger partial charge in [0, 0.05) is 22.9 Å². The van der Waals surface area contributed by atoms with Crippen LogP contribution < -0.4 is 0 Å². The molecule has 0 saturated carbocycles. The first kappa shape index (κ1) is 12.9. The van der Waals surface area contributed by atoms with Crippen LogP contribution in [-0.2, 0) is 6.54 Å². The summed E-state index contributed by atoms with van der Waals surface area (Å²) < 4.78 is -0.124. The van der Waals surface area contributed by atoms with Crippen LogP contribution in [0.4, 0.5) is 10.5 Å². The van der Waals surface area contributed by atoms with Gasteiger partial charge in [-0.2, -0.15) is 0 Å². The topological polar surface area (TPSA) is 63.4 Å². The number of rotatable bonds is 3. The van der Waals surface area contributed by atoms with E-state index in [1.807, 2.05) is 13.8 Å². The Bertz CT molecular complexity index is 502. The molecule has 1 aliphatic rings. The zero-order chi connectivity index (χ0) is 13.3. The molecule has 0 atom stereocenters.